The molecule has 1 amide bonds. The molecule has 2 aliphatic carbocycles. The highest BCUT2D eigenvalue weighted by Gasteiger charge is 2.40. The van der Waals surface area contributed by atoms with Crippen LogP contribution in [0.25, 0.3) is 0 Å². The summed E-state index contributed by atoms with van der Waals surface area (Å²) < 4.78 is 25.6. The van der Waals surface area contributed by atoms with Gasteiger partial charge in [0.25, 0.3) is 0 Å². The highest BCUT2D eigenvalue weighted by molar-refractivity contribution is 7.91. The van der Waals surface area contributed by atoms with Crippen molar-refractivity contribution in [2.45, 2.75) is 51.5 Å². The van der Waals surface area contributed by atoms with Crippen molar-refractivity contribution in [3.8, 4) is 0 Å². The summed E-state index contributed by atoms with van der Waals surface area (Å²) in [5, 5.41) is 7.75. The van der Waals surface area contributed by atoms with Gasteiger partial charge < -0.3 is 5.32 Å². The SMILES string of the molecule is CC(C)(C)c1cc(NC(=O)[C@@H]2C[C@H]3C=C[C@H]2C3)n([C@H]2CCS(=O)(=O)C2)n1. The zero-order chi connectivity index (χ0) is 18.7. The van der Waals surface area contributed by atoms with Gasteiger partial charge in [-0.25, -0.2) is 13.1 Å². The Balaban J connectivity index is 1.61. The Hall–Kier alpha value is -1.63. The first-order valence-electron chi connectivity index (χ1n) is 9.42. The molecule has 2 heterocycles. The molecule has 1 saturated carbocycles. The summed E-state index contributed by atoms with van der Waals surface area (Å²) >= 11 is 0. The molecule has 0 spiro atoms. The molecule has 3 aliphatic rings. The van der Waals surface area contributed by atoms with E-state index in [0.29, 0.717) is 24.1 Å². The molecule has 7 heteroatoms. The van der Waals surface area contributed by atoms with Gasteiger partial charge in [-0.05, 0) is 31.1 Å². The van der Waals surface area contributed by atoms with Gasteiger partial charge in [0.15, 0.2) is 9.84 Å². The van der Waals surface area contributed by atoms with E-state index in [1.807, 2.05) is 6.07 Å². The van der Waals surface area contributed by atoms with E-state index in [1.54, 1.807) is 4.68 Å². The number of carbonyl (C=O) groups is 1. The summed E-state index contributed by atoms with van der Waals surface area (Å²) in [6.45, 7) is 6.20. The van der Waals surface area contributed by atoms with Crippen LogP contribution in [0.3, 0.4) is 0 Å². The minimum Gasteiger partial charge on any atom is -0.311 e. The van der Waals surface area contributed by atoms with Crippen LogP contribution in [0.2, 0.25) is 0 Å². The van der Waals surface area contributed by atoms with Crippen molar-refractivity contribution in [1.82, 2.24) is 9.78 Å². The number of anilines is 1. The van der Waals surface area contributed by atoms with Gasteiger partial charge in [0.2, 0.25) is 5.91 Å². The maximum atomic E-state index is 12.9. The van der Waals surface area contributed by atoms with Crippen LogP contribution in [0, 0.1) is 17.8 Å². The second-order valence-corrected chi connectivity index (χ2v) is 11.3. The van der Waals surface area contributed by atoms with E-state index >= 15 is 0 Å². The number of sulfone groups is 1. The van der Waals surface area contributed by atoms with Crippen LogP contribution >= 0.6 is 0 Å². The average molecular weight is 378 g/mol. The summed E-state index contributed by atoms with van der Waals surface area (Å²) in [5.41, 5.74) is 0.696. The van der Waals surface area contributed by atoms with E-state index in [1.165, 1.54) is 0 Å². The number of nitrogens with zero attached hydrogens (tertiary/aromatic N) is 2. The van der Waals surface area contributed by atoms with Crippen LogP contribution in [-0.4, -0.2) is 35.6 Å². The van der Waals surface area contributed by atoms with Gasteiger partial charge >= 0.3 is 0 Å². The molecular weight excluding hydrogens is 350 g/mol. The van der Waals surface area contributed by atoms with Crippen LogP contribution in [0.1, 0.15) is 51.8 Å². The molecule has 2 fully saturated rings. The van der Waals surface area contributed by atoms with Gasteiger partial charge in [-0.1, -0.05) is 32.9 Å². The Bertz CT molecular complexity index is 863. The Morgan fingerprint density at radius 2 is 2.04 bits per heavy atom. The number of rotatable bonds is 3. The standard InChI is InChI=1S/C19H27N3O3S/c1-19(2,3)16-10-17(22(21-16)14-6-7-26(24,25)11-14)20-18(23)15-9-12-4-5-13(15)8-12/h4-5,10,12-15H,6-9,11H2,1-3H3,(H,20,23)/t12-,13-,14-,15+/m0/s1. The Morgan fingerprint density at radius 3 is 2.58 bits per heavy atom. The van der Waals surface area contributed by atoms with Gasteiger partial charge in [-0.3, -0.25) is 4.79 Å². The number of hydrogen-bond donors (Lipinski definition) is 1. The van der Waals surface area contributed by atoms with Crippen molar-refractivity contribution >= 4 is 21.6 Å². The lowest BCUT2D eigenvalue weighted by atomic mass is 9.92. The number of fused-ring (bicyclic) bond motifs is 2. The number of carbonyl (C=O) groups excluding carboxylic acids is 1. The molecule has 0 radical (unpaired) electrons. The molecule has 0 unspecified atom stereocenters. The average Bonchev–Trinajstić information content (AvgIpc) is 3.28. The van der Waals surface area contributed by atoms with Gasteiger partial charge in [-0.15, -0.1) is 0 Å². The Kier molecular flexibility index (Phi) is 4.06. The molecular formula is C19H27N3O3S. The number of hydrogen-bond acceptors (Lipinski definition) is 4. The molecule has 6 nitrogen and oxygen atoms in total. The molecule has 4 atom stereocenters. The molecule has 1 aromatic heterocycles. The predicted molar refractivity (Wildman–Crippen MR) is 101 cm³/mol. The summed E-state index contributed by atoms with van der Waals surface area (Å²) in [6.07, 6.45) is 6.92. The lowest BCUT2D eigenvalue weighted by Crippen LogP contribution is -2.28. The number of allylic oxidation sites excluding steroid dienone is 2. The molecule has 1 aromatic rings. The van der Waals surface area contributed by atoms with Crippen molar-refractivity contribution < 1.29 is 13.2 Å². The van der Waals surface area contributed by atoms with Gasteiger partial charge in [0, 0.05) is 17.4 Å². The lowest BCUT2D eigenvalue weighted by Gasteiger charge is -2.19. The molecule has 26 heavy (non-hydrogen) atoms. The van der Waals surface area contributed by atoms with Crippen LogP contribution in [0.5, 0.6) is 0 Å². The lowest BCUT2D eigenvalue weighted by molar-refractivity contribution is -0.120. The monoisotopic (exact) mass is 377 g/mol. The van der Waals surface area contributed by atoms with Crippen molar-refractivity contribution in [1.29, 1.82) is 0 Å². The molecule has 1 N–H and O–H groups in total. The third kappa shape index (κ3) is 3.21. The molecule has 2 bridgehead atoms. The van der Waals surface area contributed by atoms with E-state index in [2.05, 4.69) is 43.3 Å². The zero-order valence-electron chi connectivity index (χ0n) is 15.6. The molecule has 4 rings (SSSR count). The van der Waals surface area contributed by atoms with Gasteiger partial charge in [0.05, 0.1) is 23.2 Å². The normalized spacial score (nSPS) is 32.3. The largest absolute Gasteiger partial charge is 0.311 e. The second-order valence-electron chi connectivity index (χ2n) is 9.04. The zero-order valence-corrected chi connectivity index (χ0v) is 16.4. The van der Waals surface area contributed by atoms with E-state index in [4.69, 9.17) is 0 Å². The summed E-state index contributed by atoms with van der Waals surface area (Å²) in [4.78, 5) is 12.9. The Morgan fingerprint density at radius 1 is 1.27 bits per heavy atom. The minimum atomic E-state index is -3.02. The first-order valence-corrected chi connectivity index (χ1v) is 11.2. The summed E-state index contributed by atoms with van der Waals surface area (Å²) in [5.74, 6) is 1.83. The fourth-order valence-electron chi connectivity index (χ4n) is 4.40. The van der Waals surface area contributed by atoms with Crippen LogP contribution in [-0.2, 0) is 20.0 Å². The number of aromatic nitrogens is 2. The molecule has 0 aromatic carbocycles. The smallest absolute Gasteiger partial charge is 0.229 e. The minimum absolute atomic E-state index is 0.0127. The van der Waals surface area contributed by atoms with Gasteiger partial charge in [0.1, 0.15) is 5.82 Å². The highest BCUT2D eigenvalue weighted by atomic mass is 32.2. The van der Waals surface area contributed by atoms with E-state index in [-0.39, 0.29) is 34.8 Å². The quantitative estimate of drug-likeness (QED) is 0.821. The highest BCUT2D eigenvalue weighted by Crippen LogP contribution is 2.44. The van der Waals surface area contributed by atoms with E-state index in [9.17, 15) is 13.2 Å². The third-order valence-corrected chi connectivity index (χ3v) is 7.68. The molecule has 1 saturated heterocycles. The summed E-state index contributed by atoms with van der Waals surface area (Å²) in [6, 6.07) is 1.71. The number of nitrogens with one attached hydrogen (secondary N) is 1. The van der Waals surface area contributed by atoms with E-state index in [0.717, 1.165) is 18.5 Å². The fourth-order valence-corrected chi connectivity index (χ4v) is 6.09. The molecule has 142 valence electrons. The van der Waals surface area contributed by atoms with Crippen molar-refractivity contribution in [3.05, 3.63) is 23.9 Å². The first-order chi connectivity index (χ1) is 12.1. The van der Waals surface area contributed by atoms with E-state index < -0.39 is 9.84 Å². The summed E-state index contributed by atoms with van der Waals surface area (Å²) in [7, 11) is -3.02. The maximum Gasteiger partial charge on any atom is 0.229 e. The maximum absolute atomic E-state index is 12.9. The van der Waals surface area contributed by atoms with Crippen LogP contribution < -0.4 is 5.32 Å². The van der Waals surface area contributed by atoms with Crippen molar-refractivity contribution in [2.24, 2.45) is 17.8 Å². The number of amides is 1. The topological polar surface area (TPSA) is 81.1 Å². The molecule has 1 aliphatic heterocycles. The first kappa shape index (κ1) is 17.8. The Labute approximate surface area is 155 Å². The predicted octanol–water partition coefficient (Wildman–Crippen LogP) is 2.69. The second kappa shape index (κ2) is 5.94. The fraction of sp³-hybridized carbons (Fsp3) is 0.684. The van der Waals surface area contributed by atoms with Crippen molar-refractivity contribution in [2.75, 3.05) is 16.8 Å². The van der Waals surface area contributed by atoms with Crippen LogP contribution in [0.4, 0.5) is 5.82 Å². The third-order valence-electron chi connectivity index (χ3n) is 5.93. The van der Waals surface area contributed by atoms with Crippen LogP contribution in [0.15, 0.2) is 18.2 Å². The van der Waals surface area contributed by atoms with Gasteiger partial charge in [-0.2, -0.15) is 5.10 Å². The van der Waals surface area contributed by atoms with Crippen molar-refractivity contribution in [3.63, 3.8) is 0 Å².